The number of thiophene rings is 1. The quantitative estimate of drug-likeness (QED) is 0.832. The fourth-order valence-corrected chi connectivity index (χ4v) is 2.36. The van der Waals surface area contributed by atoms with Crippen molar-refractivity contribution in [2.75, 3.05) is 6.54 Å². The van der Waals surface area contributed by atoms with Gasteiger partial charge in [0.1, 0.15) is 0 Å². The third-order valence-corrected chi connectivity index (χ3v) is 3.33. The Balaban J connectivity index is 2.56. The van der Waals surface area contributed by atoms with Gasteiger partial charge < -0.3 is 10.8 Å². The van der Waals surface area contributed by atoms with Crippen LogP contribution in [0.1, 0.15) is 4.88 Å². The molecule has 0 saturated heterocycles. The minimum atomic E-state index is -0.412. The van der Waals surface area contributed by atoms with Crippen molar-refractivity contribution >= 4 is 27.3 Å². The first-order chi connectivity index (χ1) is 5.24. The summed E-state index contributed by atoms with van der Waals surface area (Å²) in [4.78, 5) is 1.16. The van der Waals surface area contributed by atoms with Crippen LogP contribution in [-0.2, 0) is 6.42 Å². The first kappa shape index (κ1) is 9.19. The third-order valence-electron chi connectivity index (χ3n) is 1.38. The summed E-state index contributed by atoms with van der Waals surface area (Å²) in [7, 11) is 0. The normalized spacial score (nSPS) is 13.4. The Hall–Kier alpha value is 0.100. The minimum absolute atomic E-state index is 0.324. The molecule has 62 valence electrons. The molecular weight excluding hydrogens is 226 g/mol. The lowest BCUT2D eigenvalue weighted by molar-refractivity contribution is 0.184. The van der Waals surface area contributed by atoms with Crippen LogP contribution in [0.4, 0.5) is 0 Å². The van der Waals surface area contributed by atoms with Gasteiger partial charge in [-0.3, -0.25) is 0 Å². The van der Waals surface area contributed by atoms with Crippen molar-refractivity contribution in [3.8, 4) is 0 Å². The molecule has 1 aromatic rings. The van der Waals surface area contributed by atoms with Gasteiger partial charge in [0.2, 0.25) is 0 Å². The molecule has 0 fully saturated rings. The molecule has 0 spiro atoms. The zero-order valence-electron chi connectivity index (χ0n) is 5.96. The van der Waals surface area contributed by atoms with Crippen molar-refractivity contribution in [2.45, 2.75) is 12.5 Å². The maximum atomic E-state index is 9.22. The molecule has 0 bridgehead atoms. The highest BCUT2D eigenvalue weighted by Gasteiger charge is 2.06. The second kappa shape index (κ2) is 4.21. The van der Waals surface area contributed by atoms with E-state index in [0.29, 0.717) is 13.0 Å². The van der Waals surface area contributed by atoms with Gasteiger partial charge in [0.25, 0.3) is 0 Å². The Morgan fingerprint density at radius 3 is 2.91 bits per heavy atom. The van der Waals surface area contributed by atoms with Gasteiger partial charge in [-0.25, -0.2) is 0 Å². The molecular formula is C7H10BrNOS. The summed E-state index contributed by atoms with van der Waals surface area (Å²) >= 11 is 5.01. The first-order valence-electron chi connectivity index (χ1n) is 3.34. The van der Waals surface area contributed by atoms with Crippen molar-refractivity contribution in [1.29, 1.82) is 0 Å². The van der Waals surface area contributed by atoms with Crippen LogP contribution in [0.3, 0.4) is 0 Å². The van der Waals surface area contributed by atoms with E-state index in [1.165, 1.54) is 0 Å². The summed E-state index contributed by atoms with van der Waals surface area (Å²) in [5.41, 5.74) is 5.28. The largest absolute Gasteiger partial charge is 0.391 e. The van der Waals surface area contributed by atoms with Gasteiger partial charge in [-0.2, -0.15) is 0 Å². The lowest BCUT2D eigenvalue weighted by Crippen LogP contribution is -2.21. The van der Waals surface area contributed by atoms with Crippen LogP contribution in [0.15, 0.2) is 15.9 Å². The van der Waals surface area contributed by atoms with Gasteiger partial charge in [-0.05, 0) is 27.4 Å². The van der Waals surface area contributed by atoms with Gasteiger partial charge in [0, 0.05) is 22.3 Å². The Morgan fingerprint density at radius 1 is 1.73 bits per heavy atom. The monoisotopic (exact) mass is 235 g/mol. The van der Waals surface area contributed by atoms with E-state index in [1.54, 1.807) is 11.3 Å². The Morgan fingerprint density at radius 2 is 2.45 bits per heavy atom. The molecule has 0 amide bonds. The lowest BCUT2D eigenvalue weighted by atomic mass is 10.2. The maximum absolute atomic E-state index is 9.22. The van der Waals surface area contributed by atoms with Crippen LogP contribution in [0.2, 0.25) is 0 Å². The molecule has 0 aliphatic heterocycles. The predicted molar refractivity (Wildman–Crippen MR) is 50.8 cm³/mol. The molecule has 4 heteroatoms. The van der Waals surface area contributed by atoms with Gasteiger partial charge in [0.15, 0.2) is 0 Å². The predicted octanol–water partition coefficient (Wildman–Crippen LogP) is 1.37. The van der Waals surface area contributed by atoms with Crippen molar-refractivity contribution in [1.82, 2.24) is 0 Å². The summed E-state index contributed by atoms with van der Waals surface area (Å²) in [5, 5.41) is 11.2. The molecule has 2 nitrogen and oxygen atoms in total. The zero-order valence-corrected chi connectivity index (χ0v) is 8.36. The van der Waals surface area contributed by atoms with E-state index in [1.807, 2.05) is 11.4 Å². The second-order valence-corrected chi connectivity index (χ2v) is 4.14. The summed E-state index contributed by atoms with van der Waals surface area (Å²) in [5.74, 6) is 0. The van der Waals surface area contributed by atoms with E-state index in [-0.39, 0.29) is 0 Å². The van der Waals surface area contributed by atoms with Crippen LogP contribution in [0, 0.1) is 0 Å². The molecule has 0 aromatic carbocycles. The van der Waals surface area contributed by atoms with E-state index < -0.39 is 6.10 Å². The highest BCUT2D eigenvalue weighted by molar-refractivity contribution is 9.10. The number of nitrogens with two attached hydrogens (primary N) is 1. The molecule has 1 heterocycles. The van der Waals surface area contributed by atoms with Crippen molar-refractivity contribution in [2.24, 2.45) is 5.73 Å². The van der Waals surface area contributed by atoms with E-state index >= 15 is 0 Å². The number of halogens is 1. The molecule has 0 radical (unpaired) electrons. The molecule has 1 aromatic heterocycles. The van der Waals surface area contributed by atoms with Crippen LogP contribution in [0.5, 0.6) is 0 Å². The number of hydrogen-bond acceptors (Lipinski definition) is 3. The van der Waals surface area contributed by atoms with E-state index in [0.717, 1.165) is 9.35 Å². The zero-order chi connectivity index (χ0) is 8.27. The van der Waals surface area contributed by atoms with Gasteiger partial charge in [-0.1, -0.05) is 0 Å². The first-order valence-corrected chi connectivity index (χ1v) is 5.01. The Bertz CT molecular complexity index is 226. The average Bonchev–Trinajstić information content (AvgIpc) is 2.37. The van der Waals surface area contributed by atoms with Crippen LogP contribution in [-0.4, -0.2) is 17.8 Å². The van der Waals surface area contributed by atoms with E-state index in [2.05, 4.69) is 15.9 Å². The number of aliphatic hydroxyl groups excluding tert-OH is 1. The highest BCUT2D eigenvalue weighted by atomic mass is 79.9. The minimum Gasteiger partial charge on any atom is -0.391 e. The number of hydrogen-bond donors (Lipinski definition) is 2. The standard InChI is InChI=1S/C7H10BrNOS/c8-6-1-2-11-7(6)3-5(10)4-9/h1-2,5,10H,3-4,9H2. The molecule has 1 rings (SSSR count). The smallest absolute Gasteiger partial charge is 0.0710 e. The lowest BCUT2D eigenvalue weighted by Gasteiger charge is -2.04. The molecule has 11 heavy (non-hydrogen) atoms. The maximum Gasteiger partial charge on any atom is 0.0710 e. The number of aliphatic hydroxyl groups is 1. The van der Waals surface area contributed by atoms with Gasteiger partial charge in [-0.15, -0.1) is 11.3 Å². The summed E-state index contributed by atoms with van der Waals surface area (Å²) in [6.07, 6.45) is 0.235. The second-order valence-electron chi connectivity index (χ2n) is 2.29. The van der Waals surface area contributed by atoms with E-state index in [4.69, 9.17) is 5.73 Å². The van der Waals surface area contributed by atoms with Gasteiger partial charge in [0.05, 0.1) is 6.10 Å². The molecule has 0 aliphatic carbocycles. The SMILES string of the molecule is NCC(O)Cc1sccc1Br. The molecule has 0 aliphatic rings. The molecule has 1 atom stereocenters. The van der Waals surface area contributed by atoms with Crippen LogP contribution < -0.4 is 5.73 Å². The Labute approximate surface area is 78.2 Å². The van der Waals surface area contributed by atoms with E-state index in [9.17, 15) is 5.11 Å². The fourth-order valence-electron chi connectivity index (χ4n) is 0.768. The van der Waals surface area contributed by atoms with Crippen molar-refractivity contribution in [3.63, 3.8) is 0 Å². The summed E-state index contributed by atoms with van der Waals surface area (Å²) in [6, 6.07) is 1.98. The topological polar surface area (TPSA) is 46.2 Å². The average molecular weight is 236 g/mol. The third kappa shape index (κ3) is 2.56. The number of rotatable bonds is 3. The summed E-state index contributed by atoms with van der Waals surface area (Å²) in [6.45, 7) is 0.324. The molecule has 0 saturated carbocycles. The van der Waals surface area contributed by atoms with Crippen LogP contribution >= 0.6 is 27.3 Å². The van der Waals surface area contributed by atoms with Gasteiger partial charge >= 0.3 is 0 Å². The molecule has 1 unspecified atom stereocenters. The van der Waals surface area contributed by atoms with Crippen molar-refractivity contribution < 1.29 is 5.11 Å². The highest BCUT2D eigenvalue weighted by Crippen LogP contribution is 2.23. The van der Waals surface area contributed by atoms with Crippen LogP contribution in [0.25, 0.3) is 0 Å². The summed E-state index contributed by atoms with van der Waals surface area (Å²) < 4.78 is 1.06. The Kier molecular flexibility index (Phi) is 3.51. The molecule has 3 N–H and O–H groups in total. The van der Waals surface area contributed by atoms with Crippen molar-refractivity contribution in [3.05, 3.63) is 20.8 Å². The fraction of sp³-hybridized carbons (Fsp3) is 0.429.